The molecule has 1 unspecified atom stereocenters. The van der Waals surface area contributed by atoms with E-state index in [1.807, 2.05) is 13.8 Å². The number of rotatable bonds is 13. The van der Waals surface area contributed by atoms with Gasteiger partial charge in [0, 0.05) is 6.42 Å². The molecule has 41 heavy (non-hydrogen) atoms. The van der Waals surface area contributed by atoms with E-state index in [9.17, 15) is 19.6 Å². The first-order chi connectivity index (χ1) is 19.6. The highest BCUT2D eigenvalue weighted by Gasteiger charge is 2.80. The molecule has 0 radical (unpaired) electrons. The number of anilines is 1. The minimum atomic E-state index is -4.21. The van der Waals surface area contributed by atoms with Crippen molar-refractivity contribution in [2.24, 2.45) is 5.92 Å². The third-order valence-electron chi connectivity index (χ3n) is 7.88. The number of para-hydroxylation sites is 1. The predicted octanol–water partition coefficient (Wildman–Crippen LogP) is 2.56. The normalized spacial score (nSPS) is 27.4. The van der Waals surface area contributed by atoms with Gasteiger partial charge in [0.15, 0.2) is 5.82 Å². The molecule has 1 aromatic carbocycles. The Morgan fingerprint density at radius 1 is 1.27 bits per heavy atom. The van der Waals surface area contributed by atoms with E-state index in [1.54, 1.807) is 42.5 Å². The number of nitrogens with zero attached hydrogens (tertiary/aromatic N) is 3. The fourth-order valence-corrected chi connectivity index (χ4v) is 6.73. The number of ether oxygens (including phenoxy) is 2. The topological polar surface area (TPSA) is 180 Å². The highest BCUT2D eigenvalue weighted by atomic mass is 31.2. The quantitative estimate of drug-likeness (QED) is 0.169. The lowest BCUT2D eigenvalue weighted by atomic mass is 10.1. The SMILES string of the molecule is CCC(CC)COC(=O)[C@@H](C)NP(=O)(OC[C@H]1O[C@]2(c3ccc4c(N)ncnn34)C[C@@]2(O)[C@@H]1O)Oc1ccccc1. The molecule has 5 rings (SSSR count). The number of aromatic nitrogens is 3. The Hall–Kier alpha value is -3.06. The second kappa shape index (κ2) is 11.3. The zero-order valence-electron chi connectivity index (χ0n) is 23.2. The average molecular weight is 590 g/mol. The van der Waals surface area contributed by atoms with E-state index in [0.717, 1.165) is 12.8 Å². The Bertz CT molecular complexity index is 1440. The van der Waals surface area contributed by atoms with E-state index in [2.05, 4.69) is 15.2 Å². The van der Waals surface area contributed by atoms with Crippen LogP contribution in [0.1, 0.15) is 45.7 Å². The summed E-state index contributed by atoms with van der Waals surface area (Å²) < 4.78 is 38.4. The van der Waals surface area contributed by atoms with Crippen LogP contribution in [0.2, 0.25) is 0 Å². The minimum absolute atomic E-state index is 0.115. The monoisotopic (exact) mass is 589 g/mol. The third-order valence-corrected chi connectivity index (χ3v) is 9.52. The van der Waals surface area contributed by atoms with E-state index < -0.39 is 49.8 Å². The van der Waals surface area contributed by atoms with Crippen LogP contribution in [0.5, 0.6) is 5.75 Å². The van der Waals surface area contributed by atoms with E-state index in [0.29, 0.717) is 11.2 Å². The number of fused-ring (bicyclic) bond motifs is 2. The Morgan fingerprint density at radius 3 is 2.71 bits per heavy atom. The Morgan fingerprint density at radius 2 is 2.00 bits per heavy atom. The van der Waals surface area contributed by atoms with Crippen molar-refractivity contribution in [2.75, 3.05) is 18.9 Å². The van der Waals surface area contributed by atoms with Crippen molar-refractivity contribution >= 4 is 25.1 Å². The van der Waals surface area contributed by atoms with Gasteiger partial charge in [0.1, 0.15) is 47.0 Å². The second-order valence-electron chi connectivity index (χ2n) is 10.6. The largest absolute Gasteiger partial charge is 0.464 e. The minimum Gasteiger partial charge on any atom is -0.464 e. The highest BCUT2D eigenvalue weighted by Crippen LogP contribution is 2.66. The fourth-order valence-electron chi connectivity index (χ4n) is 5.23. The molecule has 1 aliphatic heterocycles. The van der Waals surface area contributed by atoms with Crippen molar-refractivity contribution in [3.05, 3.63) is 54.5 Å². The number of aliphatic hydroxyl groups excluding tert-OH is 1. The summed E-state index contributed by atoms with van der Waals surface area (Å²) in [6.07, 6.45) is 0.673. The van der Waals surface area contributed by atoms with Crippen LogP contribution >= 0.6 is 7.75 Å². The van der Waals surface area contributed by atoms with E-state index in [-0.39, 0.29) is 30.5 Å². The lowest BCUT2D eigenvalue weighted by Gasteiger charge is -2.26. The number of carbonyl (C=O) groups is 1. The molecule has 1 aliphatic carbocycles. The molecule has 2 fully saturated rings. The fraction of sp³-hybridized carbons (Fsp3) is 0.519. The molecule has 5 N–H and O–H groups in total. The number of nitrogens with two attached hydrogens (primary N) is 1. The van der Waals surface area contributed by atoms with Crippen LogP contribution in [0.25, 0.3) is 5.52 Å². The molecule has 0 bridgehead atoms. The van der Waals surface area contributed by atoms with Crippen LogP contribution in [-0.2, 0) is 29.0 Å². The van der Waals surface area contributed by atoms with Gasteiger partial charge in [0.05, 0.1) is 18.9 Å². The molecule has 2 aromatic heterocycles. The average Bonchev–Trinajstić information content (AvgIpc) is 3.23. The molecule has 2 aliphatic rings. The smallest absolute Gasteiger partial charge is 0.459 e. The number of benzene rings is 1. The lowest BCUT2D eigenvalue weighted by molar-refractivity contribution is -0.146. The summed E-state index contributed by atoms with van der Waals surface area (Å²) in [7, 11) is -4.21. The number of aliphatic hydroxyl groups is 2. The van der Waals surface area contributed by atoms with Crippen LogP contribution < -0.4 is 15.3 Å². The summed E-state index contributed by atoms with van der Waals surface area (Å²) in [5.41, 5.74) is 4.06. The van der Waals surface area contributed by atoms with Crippen LogP contribution in [0, 0.1) is 5.92 Å². The number of hydrogen-bond donors (Lipinski definition) is 4. The highest BCUT2D eigenvalue weighted by molar-refractivity contribution is 7.52. The van der Waals surface area contributed by atoms with Crippen molar-refractivity contribution < 1.29 is 38.1 Å². The maximum Gasteiger partial charge on any atom is 0.459 e. The van der Waals surface area contributed by atoms with Gasteiger partial charge >= 0.3 is 13.7 Å². The van der Waals surface area contributed by atoms with E-state index in [4.69, 9.17) is 24.3 Å². The van der Waals surface area contributed by atoms with Crippen molar-refractivity contribution in [3.63, 3.8) is 0 Å². The molecule has 222 valence electrons. The number of carbonyl (C=O) groups excluding carboxylic acids is 1. The third kappa shape index (κ3) is 5.45. The van der Waals surface area contributed by atoms with Gasteiger partial charge in [-0.25, -0.2) is 14.1 Å². The van der Waals surface area contributed by atoms with Crippen molar-refractivity contribution in [1.82, 2.24) is 19.7 Å². The molecule has 3 aromatic rings. The van der Waals surface area contributed by atoms with Crippen LogP contribution in [0.3, 0.4) is 0 Å². The maximum atomic E-state index is 13.9. The number of nitrogen functional groups attached to an aromatic ring is 1. The Labute approximate surface area is 237 Å². The molecule has 13 nitrogen and oxygen atoms in total. The van der Waals surface area contributed by atoms with E-state index >= 15 is 0 Å². The van der Waals surface area contributed by atoms with Gasteiger partial charge in [0.2, 0.25) is 0 Å². The zero-order valence-corrected chi connectivity index (χ0v) is 24.1. The molecule has 0 spiro atoms. The maximum absolute atomic E-state index is 13.9. The number of hydrogen-bond acceptors (Lipinski definition) is 11. The molecular formula is C27H36N5O8P. The van der Waals surface area contributed by atoms with Gasteiger partial charge in [-0.15, -0.1) is 0 Å². The van der Waals surface area contributed by atoms with Crippen LogP contribution in [0.4, 0.5) is 5.82 Å². The van der Waals surface area contributed by atoms with Gasteiger partial charge in [0.25, 0.3) is 0 Å². The molecule has 3 heterocycles. The van der Waals surface area contributed by atoms with E-state index in [1.165, 1.54) is 17.8 Å². The summed E-state index contributed by atoms with van der Waals surface area (Å²) in [4.78, 5) is 16.7. The molecule has 1 saturated carbocycles. The number of esters is 1. The number of nitrogens with one attached hydrogen (secondary N) is 1. The standard InChI is InChI=1S/C27H36N5O8P/c1-4-18(5-2)13-37-25(34)17(3)31-41(36,40-19-9-7-6-8-10-19)38-14-21-23(33)26(35)15-27(26,39-21)22-12-11-20-24(28)29-16-30-32(20)22/h6-12,16-18,21,23,33,35H,4-5,13-15H2,1-3H3,(H,31,36)(H2,28,29,30)/t17-,21-,23-,26-,27+,41?/m1/s1. The summed E-state index contributed by atoms with van der Waals surface area (Å²) >= 11 is 0. The van der Waals surface area contributed by atoms with Gasteiger partial charge < -0.3 is 29.9 Å². The first-order valence-corrected chi connectivity index (χ1v) is 15.2. The summed E-state index contributed by atoms with van der Waals surface area (Å²) in [6, 6.07) is 10.7. The van der Waals surface area contributed by atoms with Crippen molar-refractivity contribution in [3.8, 4) is 5.75 Å². The Kier molecular flexibility index (Phi) is 8.12. The van der Waals surface area contributed by atoms with Crippen molar-refractivity contribution in [1.29, 1.82) is 0 Å². The van der Waals surface area contributed by atoms with Gasteiger partial charge in [-0.2, -0.15) is 10.2 Å². The van der Waals surface area contributed by atoms with Gasteiger partial charge in [-0.05, 0) is 37.1 Å². The first-order valence-electron chi connectivity index (χ1n) is 13.7. The summed E-state index contributed by atoms with van der Waals surface area (Å²) in [6.45, 7) is 5.37. The van der Waals surface area contributed by atoms with Crippen LogP contribution in [-0.4, -0.2) is 67.8 Å². The summed E-state index contributed by atoms with van der Waals surface area (Å²) in [5.74, 6) is 0.109. The van der Waals surface area contributed by atoms with Crippen LogP contribution in [0.15, 0.2) is 48.8 Å². The molecule has 1 saturated heterocycles. The van der Waals surface area contributed by atoms with Gasteiger partial charge in [-0.3, -0.25) is 9.32 Å². The molecule has 6 atom stereocenters. The lowest BCUT2D eigenvalue weighted by Crippen LogP contribution is -2.39. The molecule has 14 heteroatoms. The molecule has 0 amide bonds. The zero-order chi connectivity index (χ0) is 29.4. The predicted molar refractivity (Wildman–Crippen MR) is 148 cm³/mol. The van der Waals surface area contributed by atoms with Crippen molar-refractivity contribution in [2.45, 2.75) is 69.5 Å². The van der Waals surface area contributed by atoms with Gasteiger partial charge in [-0.1, -0.05) is 44.9 Å². The second-order valence-corrected chi connectivity index (χ2v) is 12.2. The summed E-state index contributed by atoms with van der Waals surface area (Å²) in [5, 5.41) is 29.2. The molecular weight excluding hydrogens is 553 g/mol. The first kappa shape index (κ1) is 29.4. The Balaban J connectivity index is 1.31.